The summed E-state index contributed by atoms with van der Waals surface area (Å²) in [4.78, 5) is 20.5. The molecule has 4 aromatic rings. The van der Waals surface area contributed by atoms with Crippen molar-refractivity contribution in [3.8, 4) is 5.75 Å². The number of para-hydroxylation sites is 1. The molecule has 0 saturated heterocycles. The first-order valence-corrected chi connectivity index (χ1v) is 11.5. The SMILES string of the molecule is O=C(Nc1ccc(S(=O)(=O)Nc2ncccn2)cc1)c1ccccc1OCc1ccccc1. The lowest BCUT2D eigenvalue weighted by molar-refractivity contribution is 0.102. The third-order valence-corrected chi connectivity index (χ3v) is 5.93. The molecule has 0 radical (unpaired) electrons. The molecule has 3 aromatic carbocycles. The summed E-state index contributed by atoms with van der Waals surface area (Å²) < 4.78 is 33.1. The number of nitrogens with zero attached hydrogens (tertiary/aromatic N) is 2. The zero-order valence-corrected chi connectivity index (χ0v) is 18.2. The Morgan fingerprint density at radius 2 is 1.48 bits per heavy atom. The molecule has 0 aliphatic heterocycles. The van der Waals surface area contributed by atoms with Gasteiger partial charge in [-0.05, 0) is 48.0 Å². The summed E-state index contributed by atoms with van der Waals surface area (Å²) in [5.41, 5.74) is 1.79. The van der Waals surface area contributed by atoms with Crippen molar-refractivity contribution < 1.29 is 17.9 Å². The van der Waals surface area contributed by atoms with E-state index in [1.54, 1.807) is 30.3 Å². The van der Waals surface area contributed by atoms with Gasteiger partial charge in [0.05, 0.1) is 10.5 Å². The van der Waals surface area contributed by atoms with Gasteiger partial charge in [-0.2, -0.15) is 0 Å². The van der Waals surface area contributed by atoms with Crippen molar-refractivity contribution in [3.63, 3.8) is 0 Å². The number of aromatic nitrogens is 2. The van der Waals surface area contributed by atoms with Crippen LogP contribution in [-0.4, -0.2) is 24.3 Å². The standard InChI is InChI=1S/C24H20N4O4S/c29-23(21-9-4-5-10-22(21)32-17-18-7-2-1-3-8-18)27-19-11-13-20(14-12-19)33(30,31)28-24-25-15-6-16-26-24/h1-16H,17H2,(H,27,29)(H,25,26,28). The molecule has 1 aromatic heterocycles. The molecule has 0 bridgehead atoms. The Balaban J connectivity index is 1.44. The quantitative estimate of drug-likeness (QED) is 0.409. The van der Waals surface area contributed by atoms with Crippen LogP contribution in [-0.2, 0) is 16.6 Å². The lowest BCUT2D eigenvalue weighted by Crippen LogP contribution is -2.16. The van der Waals surface area contributed by atoms with Crippen LogP contribution in [0.15, 0.2) is 102 Å². The van der Waals surface area contributed by atoms with Crippen LogP contribution in [0.4, 0.5) is 11.6 Å². The van der Waals surface area contributed by atoms with Gasteiger partial charge in [0.2, 0.25) is 5.95 Å². The first-order chi connectivity index (χ1) is 16.0. The molecule has 2 N–H and O–H groups in total. The number of hydrogen-bond donors (Lipinski definition) is 2. The fourth-order valence-corrected chi connectivity index (χ4v) is 3.92. The first-order valence-electron chi connectivity index (χ1n) is 9.98. The summed E-state index contributed by atoms with van der Waals surface area (Å²) in [5.74, 6) is 0.0529. The highest BCUT2D eigenvalue weighted by Gasteiger charge is 2.17. The van der Waals surface area contributed by atoms with E-state index < -0.39 is 10.0 Å². The highest BCUT2D eigenvalue weighted by atomic mass is 32.2. The largest absolute Gasteiger partial charge is 0.488 e. The summed E-state index contributed by atoms with van der Waals surface area (Å²) in [5, 5.41) is 2.77. The molecule has 4 rings (SSSR count). The molecule has 1 amide bonds. The van der Waals surface area contributed by atoms with Gasteiger partial charge in [0.1, 0.15) is 12.4 Å². The van der Waals surface area contributed by atoms with Crippen LogP contribution in [0.3, 0.4) is 0 Å². The average Bonchev–Trinajstić information content (AvgIpc) is 2.84. The van der Waals surface area contributed by atoms with E-state index >= 15 is 0 Å². The predicted molar refractivity (Wildman–Crippen MR) is 124 cm³/mol. The topological polar surface area (TPSA) is 110 Å². The molecule has 33 heavy (non-hydrogen) atoms. The third kappa shape index (κ3) is 5.72. The molecule has 1 heterocycles. The van der Waals surface area contributed by atoms with Crippen LogP contribution in [0.2, 0.25) is 0 Å². The van der Waals surface area contributed by atoms with Crippen molar-refractivity contribution in [2.24, 2.45) is 0 Å². The second-order valence-corrected chi connectivity index (χ2v) is 8.61. The number of nitrogens with one attached hydrogen (secondary N) is 2. The molecule has 0 aliphatic rings. The molecule has 0 atom stereocenters. The molecule has 0 spiro atoms. The van der Waals surface area contributed by atoms with Gasteiger partial charge in [-0.15, -0.1) is 0 Å². The number of carbonyl (C=O) groups excluding carboxylic acids is 1. The Morgan fingerprint density at radius 1 is 0.818 bits per heavy atom. The van der Waals surface area contributed by atoms with Crippen molar-refractivity contribution in [1.29, 1.82) is 0 Å². The first kappa shape index (κ1) is 22.0. The maximum Gasteiger partial charge on any atom is 0.264 e. The van der Waals surface area contributed by atoms with Gasteiger partial charge >= 0.3 is 0 Å². The minimum absolute atomic E-state index is 0.0135. The number of hydrogen-bond acceptors (Lipinski definition) is 6. The summed E-state index contributed by atoms with van der Waals surface area (Å²) in [6.45, 7) is 0.329. The number of rotatable bonds is 8. The normalized spacial score (nSPS) is 10.9. The number of anilines is 2. The molecule has 9 heteroatoms. The summed E-state index contributed by atoms with van der Waals surface area (Å²) in [7, 11) is -3.86. The Morgan fingerprint density at radius 3 is 2.21 bits per heavy atom. The van der Waals surface area contributed by atoms with Crippen molar-refractivity contribution in [2.75, 3.05) is 10.0 Å². The minimum atomic E-state index is -3.86. The van der Waals surface area contributed by atoms with Gasteiger partial charge in [-0.3, -0.25) is 4.79 Å². The molecule has 0 fully saturated rings. The second kappa shape index (κ2) is 9.92. The predicted octanol–water partition coefficient (Wildman–Crippen LogP) is 4.11. The number of ether oxygens (including phenoxy) is 1. The van der Waals surface area contributed by atoms with E-state index in [9.17, 15) is 13.2 Å². The van der Waals surface area contributed by atoms with Gasteiger partial charge in [0.15, 0.2) is 0 Å². The van der Waals surface area contributed by atoms with Crippen LogP contribution < -0.4 is 14.8 Å². The van der Waals surface area contributed by atoms with Crippen molar-refractivity contribution in [2.45, 2.75) is 11.5 Å². The van der Waals surface area contributed by atoms with Crippen LogP contribution >= 0.6 is 0 Å². The van der Waals surface area contributed by atoms with Gasteiger partial charge in [-0.1, -0.05) is 42.5 Å². The molecule has 0 saturated carbocycles. The van der Waals surface area contributed by atoms with E-state index in [2.05, 4.69) is 20.0 Å². The van der Waals surface area contributed by atoms with Crippen molar-refractivity contribution >= 4 is 27.6 Å². The Labute approximate surface area is 191 Å². The molecular formula is C24H20N4O4S. The highest BCUT2D eigenvalue weighted by molar-refractivity contribution is 7.92. The molecule has 0 unspecified atom stereocenters. The van der Waals surface area contributed by atoms with Crippen molar-refractivity contribution in [3.05, 3.63) is 108 Å². The van der Waals surface area contributed by atoms with Gasteiger partial charge < -0.3 is 10.1 Å². The Kier molecular flexibility index (Phi) is 6.61. The summed E-state index contributed by atoms with van der Waals surface area (Å²) in [6.07, 6.45) is 2.87. The highest BCUT2D eigenvalue weighted by Crippen LogP contribution is 2.22. The zero-order chi connectivity index (χ0) is 23.1. The number of benzene rings is 3. The smallest absolute Gasteiger partial charge is 0.264 e. The fraction of sp³-hybridized carbons (Fsp3) is 0.0417. The summed E-state index contributed by atoms with van der Waals surface area (Å²) >= 11 is 0. The summed E-state index contributed by atoms with van der Waals surface area (Å²) in [6, 6.07) is 23.9. The third-order valence-electron chi connectivity index (χ3n) is 4.58. The van der Waals surface area contributed by atoms with Crippen LogP contribution in [0, 0.1) is 0 Å². The molecular weight excluding hydrogens is 440 g/mol. The van der Waals surface area contributed by atoms with E-state index in [1.807, 2.05) is 30.3 Å². The molecule has 166 valence electrons. The number of sulfonamides is 1. The Bertz CT molecular complexity index is 1330. The Hall–Kier alpha value is -4.24. The van der Waals surface area contributed by atoms with E-state index in [0.29, 0.717) is 23.6 Å². The minimum Gasteiger partial charge on any atom is -0.488 e. The molecule has 8 nitrogen and oxygen atoms in total. The van der Waals surface area contributed by atoms with E-state index in [1.165, 1.54) is 36.7 Å². The van der Waals surface area contributed by atoms with Crippen molar-refractivity contribution in [1.82, 2.24) is 9.97 Å². The van der Waals surface area contributed by atoms with Gasteiger partial charge in [0, 0.05) is 18.1 Å². The molecule has 0 aliphatic carbocycles. The van der Waals surface area contributed by atoms with Crippen LogP contribution in [0.1, 0.15) is 15.9 Å². The fourth-order valence-electron chi connectivity index (χ4n) is 2.96. The maximum atomic E-state index is 12.8. The monoisotopic (exact) mass is 460 g/mol. The van der Waals surface area contributed by atoms with E-state index in [-0.39, 0.29) is 16.8 Å². The number of carbonyl (C=O) groups is 1. The van der Waals surface area contributed by atoms with E-state index in [0.717, 1.165) is 5.56 Å². The number of amides is 1. The van der Waals surface area contributed by atoms with Gasteiger partial charge in [0.25, 0.3) is 15.9 Å². The van der Waals surface area contributed by atoms with Crippen LogP contribution in [0.25, 0.3) is 0 Å². The zero-order valence-electron chi connectivity index (χ0n) is 17.4. The lowest BCUT2D eigenvalue weighted by Gasteiger charge is -2.12. The van der Waals surface area contributed by atoms with Crippen LogP contribution in [0.5, 0.6) is 5.75 Å². The van der Waals surface area contributed by atoms with Gasteiger partial charge in [-0.25, -0.2) is 23.1 Å². The van der Waals surface area contributed by atoms with E-state index in [4.69, 9.17) is 4.74 Å². The lowest BCUT2D eigenvalue weighted by atomic mass is 10.1. The maximum absolute atomic E-state index is 12.8. The average molecular weight is 461 g/mol. The second-order valence-electron chi connectivity index (χ2n) is 6.93.